The van der Waals surface area contributed by atoms with Crippen LogP contribution < -0.4 is 5.73 Å². The number of hydrogen-bond acceptors (Lipinski definition) is 4. The summed E-state index contributed by atoms with van der Waals surface area (Å²) in [4.78, 5) is 4.79. The standard InChI is InChI=1S/C13H14N2S2/c14-8-10-7-9-3-1-4-11(9)15-13(10)17-12-5-2-6-16-12/h2,5-7H,1,3-4,8,14H2. The minimum atomic E-state index is 0.577. The predicted octanol–water partition coefficient (Wildman–Crippen LogP) is 3.24. The Kier molecular flexibility index (Phi) is 3.18. The molecule has 0 saturated heterocycles. The van der Waals surface area contributed by atoms with Crippen molar-refractivity contribution in [3.8, 4) is 0 Å². The number of nitrogens with two attached hydrogens (primary N) is 1. The number of fused-ring (bicyclic) bond motifs is 1. The normalized spacial score (nSPS) is 13.9. The van der Waals surface area contributed by atoms with E-state index >= 15 is 0 Å². The first-order valence-electron chi connectivity index (χ1n) is 5.80. The Labute approximate surface area is 109 Å². The zero-order chi connectivity index (χ0) is 11.7. The van der Waals surface area contributed by atoms with Crippen molar-refractivity contribution >= 4 is 23.1 Å². The summed E-state index contributed by atoms with van der Waals surface area (Å²) < 4.78 is 1.28. The van der Waals surface area contributed by atoms with Gasteiger partial charge in [-0.2, -0.15) is 0 Å². The van der Waals surface area contributed by atoms with Gasteiger partial charge in [0.15, 0.2) is 0 Å². The van der Waals surface area contributed by atoms with Gasteiger partial charge in [-0.05, 0) is 41.8 Å². The number of aryl methyl sites for hydroxylation is 2. The number of pyridine rings is 1. The highest BCUT2D eigenvalue weighted by Crippen LogP contribution is 2.34. The molecule has 2 aromatic heterocycles. The molecule has 0 spiro atoms. The lowest BCUT2D eigenvalue weighted by Crippen LogP contribution is -2.03. The van der Waals surface area contributed by atoms with E-state index in [0.717, 1.165) is 11.4 Å². The molecule has 0 aromatic carbocycles. The van der Waals surface area contributed by atoms with Gasteiger partial charge < -0.3 is 5.73 Å². The van der Waals surface area contributed by atoms with Crippen LogP contribution in [0.25, 0.3) is 0 Å². The SMILES string of the molecule is NCc1cc2c(nc1Sc1cccs1)CCC2. The largest absolute Gasteiger partial charge is 0.326 e. The Hall–Kier alpha value is -0.840. The maximum Gasteiger partial charge on any atom is 0.106 e. The van der Waals surface area contributed by atoms with Crippen LogP contribution in [0.4, 0.5) is 0 Å². The van der Waals surface area contributed by atoms with E-state index in [1.165, 1.54) is 33.9 Å². The molecular formula is C13H14N2S2. The van der Waals surface area contributed by atoms with E-state index in [2.05, 4.69) is 23.6 Å². The zero-order valence-electron chi connectivity index (χ0n) is 9.48. The molecule has 0 saturated carbocycles. The van der Waals surface area contributed by atoms with Crippen LogP contribution in [0.2, 0.25) is 0 Å². The van der Waals surface area contributed by atoms with Gasteiger partial charge in [0.05, 0.1) is 4.21 Å². The molecule has 0 unspecified atom stereocenters. The molecule has 88 valence electrons. The van der Waals surface area contributed by atoms with Crippen molar-refractivity contribution in [2.24, 2.45) is 5.73 Å². The highest BCUT2D eigenvalue weighted by Gasteiger charge is 2.16. The second-order valence-electron chi connectivity index (χ2n) is 4.15. The van der Waals surface area contributed by atoms with Gasteiger partial charge in [0.2, 0.25) is 0 Å². The molecule has 2 N–H and O–H groups in total. The first-order chi connectivity index (χ1) is 8.36. The van der Waals surface area contributed by atoms with Crippen LogP contribution in [0.1, 0.15) is 23.2 Å². The van der Waals surface area contributed by atoms with Gasteiger partial charge in [-0.25, -0.2) is 4.98 Å². The molecule has 0 atom stereocenters. The van der Waals surface area contributed by atoms with Crippen LogP contribution in [0.15, 0.2) is 32.8 Å². The van der Waals surface area contributed by atoms with E-state index in [4.69, 9.17) is 10.7 Å². The molecule has 0 amide bonds. The summed E-state index contributed by atoms with van der Waals surface area (Å²) in [6.07, 6.45) is 3.52. The smallest absolute Gasteiger partial charge is 0.106 e. The van der Waals surface area contributed by atoms with E-state index in [1.807, 2.05) is 0 Å². The molecule has 0 aliphatic heterocycles. The Balaban J connectivity index is 1.97. The lowest BCUT2D eigenvalue weighted by molar-refractivity contribution is 0.884. The number of rotatable bonds is 3. The minimum absolute atomic E-state index is 0.577. The van der Waals surface area contributed by atoms with Crippen molar-refractivity contribution in [3.05, 3.63) is 40.4 Å². The summed E-state index contributed by atoms with van der Waals surface area (Å²) in [7, 11) is 0. The van der Waals surface area contributed by atoms with Gasteiger partial charge in [-0.1, -0.05) is 23.9 Å². The van der Waals surface area contributed by atoms with Crippen molar-refractivity contribution in [1.82, 2.24) is 4.98 Å². The summed E-state index contributed by atoms with van der Waals surface area (Å²) in [6.45, 7) is 0.577. The van der Waals surface area contributed by atoms with Crippen LogP contribution in [0.5, 0.6) is 0 Å². The quantitative estimate of drug-likeness (QED) is 0.923. The molecule has 2 nitrogen and oxygen atoms in total. The lowest BCUT2D eigenvalue weighted by atomic mass is 10.1. The molecule has 0 radical (unpaired) electrons. The van der Waals surface area contributed by atoms with E-state index in [0.29, 0.717) is 6.54 Å². The molecule has 17 heavy (non-hydrogen) atoms. The molecule has 0 fully saturated rings. The Bertz CT molecular complexity index is 520. The highest BCUT2D eigenvalue weighted by molar-refractivity contribution is 8.01. The lowest BCUT2D eigenvalue weighted by Gasteiger charge is -2.08. The molecule has 2 aromatic rings. The third-order valence-corrected chi connectivity index (χ3v) is 5.09. The van der Waals surface area contributed by atoms with Gasteiger partial charge in [0, 0.05) is 12.2 Å². The third-order valence-electron chi connectivity index (χ3n) is 3.00. The van der Waals surface area contributed by atoms with Gasteiger partial charge in [-0.3, -0.25) is 0 Å². The zero-order valence-corrected chi connectivity index (χ0v) is 11.1. The first kappa shape index (κ1) is 11.3. The summed E-state index contributed by atoms with van der Waals surface area (Å²) in [6, 6.07) is 6.46. The number of hydrogen-bond donors (Lipinski definition) is 1. The fraction of sp³-hybridized carbons (Fsp3) is 0.308. The van der Waals surface area contributed by atoms with Crippen LogP contribution in [0, 0.1) is 0 Å². The summed E-state index contributed by atoms with van der Waals surface area (Å²) >= 11 is 3.49. The van der Waals surface area contributed by atoms with Crippen LogP contribution in [-0.2, 0) is 19.4 Å². The average molecular weight is 262 g/mol. The van der Waals surface area contributed by atoms with E-state index < -0.39 is 0 Å². The Morgan fingerprint density at radius 1 is 1.41 bits per heavy atom. The van der Waals surface area contributed by atoms with Crippen molar-refractivity contribution < 1.29 is 0 Å². The molecule has 0 bridgehead atoms. The third kappa shape index (κ3) is 2.25. The molecule has 3 rings (SSSR count). The van der Waals surface area contributed by atoms with Crippen molar-refractivity contribution in [2.45, 2.75) is 35.0 Å². The maximum atomic E-state index is 5.82. The molecule has 2 heterocycles. The van der Waals surface area contributed by atoms with Crippen LogP contribution in [-0.4, -0.2) is 4.98 Å². The second kappa shape index (κ2) is 4.80. The average Bonchev–Trinajstić information content (AvgIpc) is 2.98. The van der Waals surface area contributed by atoms with E-state index in [-0.39, 0.29) is 0 Å². The summed E-state index contributed by atoms with van der Waals surface area (Å²) in [5, 5.41) is 3.19. The molecule has 4 heteroatoms. The van der Waals surface area contributed by atoms with E-state index in [1.54, 1.807) is 23.1 Å². The van der Waals surface area contributed by atoms with Gasteiger partial charge in [-0.15, -0.1) is 11.3 Å². The number of thiophene rings is 1. The van der Waals surface area contributed by atoms with Gasteiger partial charge >= 0.3 is 0 Å². The highest BCUT2D eigenvalue weighted by atomic mass is 32.2. The van der Waals surface area contributed by atoms with E-state index in [9.17, 15) is 0 Å². The monoisotopic (exact) mass is 262 g/mol. The fourth-order valence-electron chi connectivity index (χ4n) is 2.15. The Morgan fingerprint density at radius 2 is 2.35 bits per heavy atom. The minimum Gasteiger partial charge on any atom is -0.326 e. The summed E-state index contributed by atoms with van der Waals surface area (Å²) in [5.74, 6) is 0. The van der Waals surface area contributed by atoms with Crippen molar-refractivity contribution in [1.29, 1.82) is 0 Å². The molecule has 1 aliphatic carbocycles. The fourth-order valence-corrected chi connectivity index (χ4v) is 3.96. The number of nitrogens with zero attached hydrogens (tertiary/aromatic N) is 1. The second-order valence-corrected chi connectivity index (χ2v) is 6.39. The van der Waals surface area contributed by atoms with Gasteiger partial charge in [0.25, 0.3) is 0 Å². The Morgan fingerprint density at radius 3 is 3.12 bits per heavy atom. The maximum absolute atomic E-state index is 5.82. The molecule has 1 aliphatic rings. The summed E-state index contributed by atoms with van der Waals surface area (Å²) in [5.41, 5.74) is 9.69. The first-order valence-corrected chi connectivity index (χ1v) is 7.49. The molecular weight excluding hydrogens is 248 g/mol. The van der Waals surface area contributed by atoms with Crippen molar-refractivity contribution in [3.63, 3.8) is 0 Å². The van der Waals surface area contributed by atoms with Crippen LogP contribution >= 0.6 is 23.1 Å². The van der Waals surface area contributed by atoms with Gasteiger partial charge in [0.1, 0.15) is 5.03 Å². The topological polar surface area (TPSA) is 38.9 Å². The number of aromatic nitrogens is 1. The van der Waals surface area contributed by atoms with Crippen LogP contribution in [0.3, 0.4) is 0 Å². The predicted molar refractivity (Wildman–Crippen MR) is 72.6 cm³/mol. The van der Waals surface area contributed by atoms with Crippen molar-refractivity contribution in [2.75, 3.05) is 0 Å².